The van der Waals surface area contributed by atoms with Gasteiger partial charge in [-0.15, -0.1) is 0 Å². The molecule has 7 heteroatoms. The highest BCUT2D eigenvalue weighted by Crippen LogP contribution is 2.21. The summed E-state index contributed by atoms with van der Waals surface area (Å²) < 4.78 is 0. The molecule has 7 nitrogen and oxygen atoms in total. The maximum Gasteiger partial charge on any atom is 0.191 e. The van der Waals surface area contributed by atoms with Gasteiger partial charge in [-0.2, -0.15) is 0 Å². The van der Waals surface area contributed by atoms with E-state index in [0.29, 0.717) is 6.04 Å². The largest absolute Gasteiger partial charge is 0.369 e. The predicted molar refractivity (Wildman–Crippen MR) is 129 cm³/mol. The van der Waals surface area contributed by atoms with Crippen molar-refractivity contribution >= 4 is 17.5 Å². The topological polar surface area (TPSA) is 59.0 Å². The summed E-state index contributed by atoms with van der Waals surface area (Å²) in [5.41, 5.74) is 3.82. The maximum absolute atomic E-state index is 4.59. The fourth-order valence-corrected chi connectivity index (χ4v) is 4.22. The zero-order valence-corrected chi connectivity index (χ0v) is 19.0. The van der Waals surface area contributed by atoms with Crippen molar-refractivity contribution in [2.24, 2.45) is 4.99 Å². The number of likely N-dealkylation sites (N-methyl/N-ethyl adjacent to an activating group) is 1. The number of rotatable bonds is 5. The number of hydrogen-bond donors (Lipinski definition) is 2. The van der Waals surface area contributed by atoms with Crippen LogP contribution in [0.25, 0.3) is 0 Å². The third kappa shape index (κ3) is 5.67. The van der Waals surface area contributed by atoms with Gasteiger partial charge < -0.3 is 25.3 Å². The Hall–Kier alpha value is -2.80. The lowest BCUT2D eigenvalue weighted by Crippen LogP contribution is -2.45. The first kappa shape index (κ1) is 21.4. The van der Waals surface area contributed by atoms with Gasteiger partial charge in [0.1, 0.15) is 5.82 Å². The van der Waals surface area contributed by atoms with Crippen LogP contribution in [0.5, 0.6) is 0 Å². The molecule has 2 saturated heterocycles. The van der Waals surface area contributed by atoms with Gasteiger partial charge in [0.2, 0.25) is 0 Å². The molecule has 2 fully saturated rings. The molecule has 1 aromatic carbocycles. The molecule has 1 unspecified atom stereocenters. The van der Waals surface area contributed by atoms with Crippen molar-refractivity contribution in [1.82, 2.24) is 20.5 Å². The third-order valence-corrected chi connectivity index (χ3v) is 6.25. The summed E-state index contributed by atoms with van der Waals surface area (Å²) in [6.45, 7) is 9.15. The molecule has 2 aliphatic rings. The lowest BCUT2D eigenvalue weighted by Gasteiger charge is -2.33. The summed E-state index contributed by atoms with van der Waals surface area (Å²) in [6.07, 6.45) is 3.02. The number of hydrogen-bond acceptors (Lipinski definition) is 5. The van der Waals surface area contributed by atoms with Crippen molar-refractivity contribution in [3.05, 3.63) is 53.7 Å². The highest BCUT2D eigenvalue weighted by atomic mass is 15.3. The highest BCUT2D eigenvalue weighted by Gasteiger charge is 2.23. The van der Waals surface area contributed by atoms with Gasteiger partial charge in [-0.25, -0.2) is 4.98 Å². The first-order valence-electron chi connectivity index (χ1n) is 11.3. The average molecular weight is 422 g/mol. The molecule has 2 aromatic rings. The van der Waals surface area contributed by atoms with Crippen molar-refractivity contribution in [1.29, 1.82) is 0 Å². The molecule has 0 spiro atoms. The number of aromatic nitrogens is 1. The number of aliphatic imine (C=N–C) groups is 1. The van der Waals surface area contributed by atoms with E-state index in [1.165, 1.54) is 16.8 Å². The van der Waals surface area contributed by atoms with Crippen molar-refractivity contribution in [3.63, 3.8) is 0 Å². The molecule has 2 N–H and O–H groups in total. The van der Waals surface area contributed by atoms with Crippen LogP contribution in [0, 0.1) is 6.92 Å². The minimum atomic E-state index is 0.394. The molecule has 2 aliphatic heterocycles. The fourth-order valence-electron chi connectivity index (χ4n) is 4.22. The first-order valence-corrected chi connectivity index (χ1v) is 11.3. The first-order chi connectivity index (χ1) is 15.1. The molecule has 0 radical (unpaired) electrons. The highest BCUT2D eigenvalue weighted by molar-refractivity contribution is 5.80. The molecule has 166 valence electrons. The van der Waals surface area contributed by atoms with Crippen LogP contribution < -0.4 is 20.4 Å². The van der Waals surface area contributed by atoms with E-state index in [1.54, 1.807) is 0 Å². The minimum absolute atomic E-state index is 0.394. The van der Waals surface area contributed by atoms with Crippen molar-refractivity contribution in [3.8, 4) is 0 Å². The standard InChI is InChI=1S/C24H35N7/c1-19-4-6-22(7-5-19)31-11-9-21(18-31)28-24(25-2)27-17-20-8-10-26-23(16-20)30-14-12-29(3)13-15-30/h4-8,10,16,21H,9,11-15,17-18H2,1-3H3,(H2,25,27,28). The number of nitrogens with zero attached hydrogens (tertiary/aromatic N) is 5. The number of piperazine rings is 1. The Bertz CT molecular complexity index is 872. The van der Waals surface area contributed by atoms with Crippen LogP contribution in [-0.4, -0.2) is 75.2 Å². The van der Waals surface area contributed by atoms with Gasteiger partial charge in [-0.3, -0.25) is 4.99 Å². The van der Waals surface area contributed by atoms with Crippen LogP contribution in [0.1, 0.15) is 17.5 Å². The van der Waals surface area contributed by atoms with E-state index in [-0.39, 0.29) is 0 Å². The zero-order valence-electron chi connectivity index (χ0n) is 19.0. The molecular weight excluding hydrogens is 386 g/mol. The molecule has 1 aromatic heterocycles. The average Bonchev–Trinajstić information content (AvgIpc) is 3.26. The lowest BCUT2D eigenvalue weighted by atomic mass is 10.2. The van der Waals surface area contributed by atoms with Crippen molar-refractivity contribution in [2.75, 3.05) is 63.2 Å². The van der Waals surface area contributed by atoms with Crippen molar-refractivity contribution in [2.45, 2.75) is 25.9 Å². The van der Waals surface area contributed by atoms with E-state index in [4.69, 9.17) is 0 Å². The Morgan fingerprint density at radius 1 is 1.06 bits per heavy atom. The molecule has 0 saturated carbocycles. The molecule has 0 bridgehead atoms. The van der Waals surface area contributed by atoms with E-state index in [2.05, 4.69) is 85.7 Å². The van der Waals surface area contributed by atoms with Gasteiger partial charge in [-0.1, -0.05) is 17.7 Å². The quantitative estimate of drug-likeness (QED) is 0.570. The van der Waals surface area contributed by atoms with Gasteiger partial charge in [-0.05, 0) is 50.2 Å². The molecule has 4 rings (SSSR count). The summed E-state index contributed by atoms with van der Waals surface area (Å²) in [5.74, 6) is 1.92. The van der Waals surface area contributed by atoms with Gasteiger partial charge in [0.15, 0.2) is 5.96 Å². The number of guanidine groups is 1. The van der Waals surface area contributed by atoms with E-state index >= 15 is 0 Å². The number of pyridine rings is 1. The zero-order chi connectivity index (χ0) is 21.6. The summed E-state index contributed by atoms with van der Waals surface area (Å²) in [7, 11) is 4.01. The van der Waals surface area contributed by atoms with E-state index in [9.17, 15) is 0 Å². The summed E-state index contributed by atoms with van der Waals surface area (Å²) in [5, 5.41) is 7.07. The van der Waals surface area contributed by atoms with Gasteiger partial charge >= 0.3 is 0 Å². The van der Waals surface area contributed by atoms with E-state index in [0.717, 1.165) is 64.0 Å². The Morgan fingerprint density at radius 2 is 1.84 bits per heavy atom. The summed E-state index contributed by atoms with van der Waals surface area (Å²) in [6, 6.07) is 13.5. The van der Waals surface area contributed by atoms with Crippen LogP contribution in [0.3, 0.4) is 0 Å². The Morgan fingerprint density at radius 3 is 2.58 bits per heavy atom. The SMILES string of the molecule is CN=C(NCc1ccnc(N2CCN(C)CC2)c1)NC1CCN(c2ccc(C)cc2)C1. The van der Waals surface area contributed by atoms with Crippen LogP contribution in [0.2, 0.25) is 0 Å². The van der Waals surface area contributed by atoms with E-state index < -0.39 is 0 Å². The molecule has 31 heavy (non-hydrogen) atoms. The maximum atomic E-state index is 4.59. The second-order valence-corrected chi connectivity index (χ2v) is 8.65. The molecule has 1 atom stereocenters. The predicted octanol–water partition coefficient (Wildman–Crippen LogP) is 2.09. The van der Waals surface area contributed by atoms with Crippen LogP contribution in [0.4, 0.5) is 11.5 Å². The van der Waals surface area contributed by atoms with Crippen LogP contribution in [-0.2, 0) is 6.54 Å². The number of anilines is 2. The van der Waals surface area contributed by atoms with Crippen LogP contribution >= 0.6 is 0 Å². The Kier molecular flexibility index (Phi) is 6.92. The van der Waals surface area contributed by atoms with Gasteiger partial charge in [0.05, 0.1) is 0 Å². The number of benzene rings is 1. The normalized spacial score (nSPS) is 20.2. The molecule has 0 amide bonds. The van der Waals surface area contributed by atoms with Crippen molar-refractivity contribution < 1.29 is 0 Å². The third-order valence-electron chi connectivity index (χ3n) is 6.25. The molecule has 0 aliphatic carbocycles. The smallest absolute Gasteiger partial charge is 0.191 e. The van der Waals surface area contributed by atoms with Crippen LogP contribution in [0.15, 0.2) is 47.6 Å². The summed E-state index contributed by atoms with van der Waals surface area (Å²) >= 11 is 0. The molecular formula is C24H35N7. The second-order valence-electron chi connectivity index (χ2n) is 8.65. The Labute approximate surface area is 186 Å². The Balaban J connectivity index is 1.28. The fraction of sp³-hybridized carbons (Fsp3) is 0.500. The monoisotopic (exact) mass is 421 g/mol. The molecule has 3 heterocycles. The lowest BCUT2D eigenvalue weighted by molar-refractivity contribution is 0.312. The summed E-state index contributed by atoms with van der Waals surface area (Å²) in [4.78, 5) is 16.2. The number of nitrogens with one attached hydrogen (secondary N) is 2. The van der Waals surface area contributed by atoms with Gasteiger partial charge in [0, 0.05) is 70.8 Å². The number of aryl methyl sites for hydroxylation is 1. The van der Waals surface area contributed by atoms with Gasteiger partial charge in [0.25, 0.3) is 0 Å². The van der Waals surface area contributed by atoms with E-state index in [1.807, 2.05) is 13.2 Å². The second kappa shape index (κ2) is 10.0. The minimum Gasteiger partial charge on any atom is -0.369 e.